The number of urea groups is 1. The molecule has 2 aromatic rings. The molecule has 1 atom stereocenters. The molecule has 0 aromatic heterocycles. The van der Waals surface area contributed by atoms with Gasteiger partial charge in [-0.2, -0.15) is 0 Å². The number of amides is 2. The molecule has 142 valence electrons. The van der Waals surface area contributed by atoms with Crippen molar-refractivity contribution < 1.29 is 9.53 Å². The Labute approximate surface area is 160 Å². The Morgan fingerprint density at radius 3 is 2.74 bits per heavy atom. The fourth-order valence-corrected chi connectivity index (χ4v) is 4.00. The number of hydrogen-bond donors (Lipinski definition) is 2. The molecule has 0 saturated carbocycles. The Morgan fingerprint density at radius 2 is 1.85 bits per heavy atom. The van der Waals surface area contributed by atoms with Gasteiger partial charge < -0.3 is 15.4 Å². The van der Waals surface area contributed by atoms with Crippen LogP contribution in [0.1, 0.15) is 35.6 Å². The zero-order valence-electron chi connectivity index (χ0n) is 15.6. The summed E-state index contributed by atoms with van der Waals surface area (Å²) in [5.74, 6) is 0. The highest BCUT2D eigenvalue weighted by Crippen LogP contribution is 2.29. The number of anilines is 1. The summed E-state index contributed by atoms with van der Waals surface area (Å²) in [5, 5.41) is 6.24. The number of benzene rings is 2. The Morgan fingerprint density at radius 1 is 1.07 bits per heavy atom. The highest BCUT2D eigenvalue weighted by Gasteiger charge is 2.22. The van der Waals surface area contributed by atoms with E-state index in [1.165, 1.54) is 11.1 Å². The Kier molecular flexibility index (Phi) is 5.70. The molecule has 0 unspecified atom stereocenters. The molecule has 1 aliphatic carbocycles. The van der Waals surface area contributed by atoms with Crippen LogP contribution < -0.4 is 10.6 Å². The van der Waals surface area contributed by atoms with Gasteiger partial charge in [-0.1, -0.05) is 42.5 Å². The number of carbonyl (C=O) groups excluding carboxylic acids is 1. The molecule has 1 aliphatic heterocycles. The molecule has 2 aliphatic rings. The quantitative estimate of drug-likeness (QED) is 0.868. The minimum Gasteiger partial charge on any atom is -0.379 e. The van der Waals surface area contributed by atoms with Gasteiger partial charge >= 0.3 is 6.03 Å². The summed E-state index contributed by atoms with van der Waals surface area (Å²) >= 11 is 0. The minimum absolute atomic E-state index is 0.0846. The molecular formula is C22H27N3O2. The van der Waals surface area contributed by atoms with E-state index in [0.29, 0.717) is 0 Å². The lowest BCUT2D eigenvalue weighted by atomic mass is 9.88. The third-order valence-electron chi connectivity index (χ3n) is 5.44. The van der Waals surface area contributed by atoms with Crippen molar-refractivity contribution >= 4 is 11.7 Å². The van der Waals surface area contributed by atoms with Gasteiger partial charge in [0.2, 0.25) is 0 Å². The van der Waals surface area contributed by atoms with Crippen LogP contribution in [-0.2, 0) is 17.7 Å². The lowest BCUT2D eigenvalue weighted by molar-refractivity contribution is 0.0343. The first-order valence-corrected chi connectivity index (χ1v) is 9.83. The van der Waals surface area contributed by atoms with Crippen molar-refractivity contribution in [2.24, 2.45) is 0 Å². The minimum atomic E-state index is -0.133. The van der Waals surface area contributed by atoms with Gasteiger partial charge in [-0.3, -0.25) is 4.90 Å². The number of carbonyl (C=O) groups is 1. The van der Waals surface area contributed by atoms with Crippen LogP contribution >= 0.6 is 0 Å². The number of nitrogens with one attached hydrogen (secondary N) is 2. The van der Waals surface area contributed by atoms with Crippen molar-refractivity contribution in [3.8, 4) is 0 Å². The third-order valence-corrected chi connectivity index (χ3v) is 5.44. The lowest BCUT2D eigenvalue weighted by Crippen LogP contribution is -2.36. The first-order valence-electron chi connectivity index (χ1n) is 9.83. The zero-order chi connectivity index (χ0) is 18.5. The second-order valence-electron chi connectivity index (χ2n) is 7.29. The van der Waals surface area contributed by atoms with E-state index in [4.69, 9.17) is 4.74 Å². The molecule has 4 rings (SSSR count). The van der Waals surface area contributed by atoms with Crippen LogP contribution in [0.2, 0.25) is 0 Å². The maximum Gasteiger partial charge on any atom is 0.319 e. The van der Waals surface area contributed by atoms with Crippen LogP contribution in [0, 0.1) is 0 Å². The van der Waals surface area contributed by atoms with Gasteiger partial charge in [-0.25, -0.2) is 4.79 Å². The van der Waals surface area contributed by atoms with Crippen molar-refractivity contribution in [3.63, 3.8) is 0 Å². The molecular weight excluding hydrogens is 338 g/mol. The first-order chi connectivity index (χ1) is 13.3. The number of aryl methyl sites for hydroxylation is 1. The van der Waals surface area contributed by atoms with Gasteiger partial charge in [0.25, 0.3) is 0 Å². The van der Waals surface area contributed by atoms with Gasteiger partial charge in [0, 0.05) is 25.3 Å². The third kappa shape index (κ3) is 4.49. The second-order valence-corrected chi connectivity index (χ2v) is 7.29. The Balaban J connectivity index is 1.41. The fraction of sp³-hybridized carbons (Fsp3) is 0.409. The highest BCUT2D eigenvalue weighted by molar-refractivity contribution is 5.90. The molecule has 0 radical (unpaired) electrons. The van der Waals surface area contributed by atoms with Gasteiger partial charge in [-0.05, 0) is 42.0 Å². The maximum absolute atomic E-state index is 12.7. The van der Waals surface area contributed by atoms with Crippen molar-refractivity contribution in [3.05, 3.63) is 65.2 Å². The largest absolute Gasteiger partial charge is 0.379 e. The van der Waals surface area contributed by atoms with Gasteiger partial charge in [0.1, 0.15) is 0 Å². The number of morpholine rings is 1. The maximum atomic E-state index is 12.7. The molecule has 5 nitrogen and oxygen atoms in total. The fourth-order valence-electron chi connectivity index (χ4n) is 4.00. The molecule has 1 fully saturated rings. The number of para-hydroxylation sites is 1. The van der Waals surface area contributed by atoms with Crippen molar-refractivity contribution in [2.75, 3.05) is 31.6 Å². The van der Waals surface area contributed by atoms with Crippen LogP contribution in [0.25, 0.3) is 0 Å². The van der Waals surface area contributed by atoms with E-state index in [0.717, 1.165) is 63.4 Å². The summed E-state index contributed by atoms with van der Waals surface area (Å²) in [6.45, 7) is 4.24. The predicted molar refractivity (Wildman–Crippen MR) is 107 cm³/mol. The molecule has 2 N–H and O–H groups in total. The number of ether oxygens (including phenoxy) is 1. The number of fused-ring (bicyclic) bond motifs is 1. The average Bonchev–Trinajstić information content (AvgIpc) is 2.71. The van der Waals surface area contributed by atoms with Crippen molar-refractivity contribution in [1.29, 1.82) is 0 Å². The van der Waals surface area contributed by atoms with Crippen LogP contribution in [-0.4, -0.2) is 37.2 Å². The molecule has 0 bridgehead atoms. The topological polar surface area (TPSA) is 53.6 Å². The smallest absolute Gasteiger partial charge is 0.319 e. The zero-order valence-corrected chi connectivity index (χ0v) is 15.6. The lowest BCUT2D eigenvalue weighted by Gasteiger charge is -2.28. The van der Waals surface area contributed by atoms with Gasteiger partial charge in [0.15, 0.2) is 0 Å². The van der Waals surface area contributed by atoms with Crippen LogP contribution in [0.4, 0.5) is 10.5 Å². The van der Waals surface area contributed by atoms with E-state index in [9.17, 15) is 4.79 Å². The van der Waals surface area contributed by atoms with E-state index in [1.54, 1.807) is 0 Å². The molecule has 5 heteroatoms. The van der Waals surface area contributed by atoms with Crippen LogP contribution in [0.15, 0.2) is 48.5 Å². The second kappa shape index (κ2) is 8.55. The molecule has 1 heterocycles. The molecule has 2 amide bonds. The van der Waals surface area contributed by atoms with E-state index < -0.39 is 0 Å². The first kappa shape index (κ1) is 18.0. The summed E-state index contributed by atoms with van der Waals surface area (Å²) in [5.41, 5.74) is 4.62. The number of hydrogen-bond acceptors (Lipinski definition) is 3. The predicted octanol–water partition coefficient (Wildman–Crippen LogP) is 3.72. The number of nitrogens with zero attached hydrogens (tertiary/aromatic N) is 1. The van der Waals surface area contributed by atoms with E-state index in [2.05, 4.69) is 39.8 Å². The Bertz CT molecular complexity index is 787. The number of rotatable bonds is 4. The summed E-state index contributed by atoms with van der Waals surface area (Å²) < 4.78 is 5.42. The van der Waals surface area contributed by atoms with Gasteiger partial charge in [-0.15, -0.1) is 0 Å². The molecule has 27 heavy (non-hydrogen) atoms. The van der Waals surface area contributed by atoms with E-state index >= 15 is 0 Å². The van der Waals surface area contributed by atoms with E-state index in [1.807, 2.05) is 24.3 Å². The van der Waals surface area contributed by atoms with Crippen LogP contribution in [0.5, 0.6) is 0 Å². The Hall–Kier alpha value is -2.37. The average molecular weight is 365 g/mol. The molecule has 1 saturated heterocycles. The molecule has 2 aromatic carbocycles. The monoisotopic (exact) mass is 365 g/mol. The molecule has 0 spiro atoms. The van der Waals surface area contributed by atoms with Crippen molar-refractivity contribution in [2.45, 2.75) is 31.8 Å². The normalized spacial score (nSPS) is 19.9. The summed E-state index contributed by atoms with van der Waals surface area (Å²) in [4.78, 5) is 15.0. The summed E-state index contributed by atoms with van der Waals surface area (Å²) in [7, 11) is 0. The van der Waals surface area contributed by atoms with Gasteiger partial charge in [0.05, 0.1) is 19.3 Å². The highest BCUT2D eigenvalue weighted by atomic mass is 16.5. The SMILES string of the molecule is O=C(Nc1ccccc1CN1CCOCC1)N[C@@H]1CCCc2ccccc21. The van der Waals surface area contributed by atoms with Crippen LogP contribution in [0.3, 0.4) is 0 Å². The van der Waals surface area contributed by atoms with E-state index in [-0.39, 0.29) is 12.1 Å². The summed E-state index contributed by atoms with van der Waals surface area (Å²) in [6, 6.07) is 16.4. The standard InChI is InChI=1S/C22H27N3O2/c26-22(24-21-11-5-8-17-6-1-3-9-19(17)21)23-20-10-4-2-7-18(20)16-25-12-14-27-15-13-25/h1-4,6-7,9-10,21H,5,8,11-16H2,(H2,23,24,26)/t21-/m1/s1. The summed E-state index contributed by atoms with van der Waals surface area (Å²) in [6.07, 6.45) is 3.19. The van der Waals surface area contributed by atoms with Crippen molar-refractivity contribution in [1.82, 2.24) is 10.2 Å².